The molecule has 2 fully saturated rings. The second-order valence-corrected chi connectivity index (χ2v) is 6.60. The number of likely N-dealkylation sites (tertiary alicyclic amines) is 1. The van der Waals surface area contributed by atoms with E-state index in [1.165, 1.54) is 12.7 Å². The van der Waals surface area contributed by atoms with Gasteiger partial charge in [-0.3, -0.25) is 14.6 Å². The van der Waals surface area contributed by atoms with Crippen LogP contribution in [-0.2, 0) is 4.79 Å². The molecule has 3 rings (SSSR count). The van der Waals surface area contributed by atoms with E-state index >= 15 is 0 Å². The van der Waals surface area contributed by atoms with Crippen LogP contribution in [0.3, 0.4) is 0 Å². The van der Waals surface area contributed by atoms with Crippen LogP contribution in [0.5, 0.6) is 0 Å². The fourth-order valence-corrected chi connectivity index (χ4v) is 3.42. The normalized spacial score (nSPS) is 18.1. The highest BCUT2D eigenvalue weighted by atomic mass is 127. The number of piperazine rings is 1. The largest absolute Gasteiger partial charge is 0.459 e. The fraction of sp³-hybridized carbons (Fsp3) is 0.611. The number of amides is 2. The maximum atomic E-state index is 12.3. The first-order chi connectivity index (χ1) is 12.7. The Morgan fingerprint density at radius 1 is 1.04 bits per heavy atom. The quantitative estimate of drug-likeness (QED) is 0.393. The zero-order chi connectivity index (χ0) is 18.4. The molecule has 0 radical (unpaired) electrons. The molecule has 150 valence electrons. The molecule has 0 saturated carbocycles. The second-order valence-electron chi connectivity index (χ2n) is 6.60. The molecule has 27 heavy (non-hydrogen) atoms. The van der Waals surface area contributed by atoms with Crippen LogP contribution < -0.4 is 5.32 Å². The van der Waals surface area contributed by atoms with E-state index < -0.39 is 0 Å². The Morgan fingerprint density at radius 3 is 2.30 bits per heavy atom. The summed E-state index contributed by atoms with van der Waals surface area (Å²) >= 11 is 0. The predicted molar refractivity (Wildman–Crippen MR) is 113 cm³/mol. The Morgan fingerprint density at radius 2 is 1.70 bits per heavy atom. The third-order valence-electron chi connectivity index (χ3n) is 4.92. The van der Waals surface area contributed by atoms with Gasteiger partial charge in [0.05, 0.1) is 12.8 Å². The predicted octanol–water partition coefficient (Wildman–Crippen LogP) is 1.24. The molecular weight excluding hydrogens is 461 g/mol. The lowest BCUT2D eigenvalue weighted by Gasteiger charge is -2.36. The average Bonchev–Trinajstić information content (AvgIpc) is 3.24. The number of piperidine rings is 1. The van der Waals surface area contributed by atoms with E-state index in [0.717, 1.165) is 25.9 Å². The fourth-order valence-electron chi connectivity index (χ4n) is 3.42. The van der Waals surface area contributed by atoms with E-state index in [-0.39, 0.29) is 42.3 Å². The monoisotopic (exact) mass is 489 g/mol. The minimum Gasteiger partial charge on any atom is -0.459 e. The lowest BCUT2D eigenvalue weighted by molar-refractivity contribution is -0.130. The lowest BCUT2D eigenvalue weighted by atomic mass is 10.1. The Bertz CT molecular complexity index is 635. The van der Waals surface area contributed by atoms with Gasteiger partial charge in [-0.2, -0.15) is 0 Å². The highest BCUT2D eigenvalue weighted by molar-refractivity contribution is 14.0. The van der Waals surface area contributed by atoms with Crippen LogP contribution in [0.25, 0.3) is 0 Å². The first-order valence-corrected chi connectivity index (χ1v) is 9.25. The van der Waals surface area contributed by atoms with Gasteiger partial charge in [0.2, 0.25) is 5.91 Å². The second kappa shape index (κ2) is 10.5. The number of hydrogen-bond donors (Lipinski definition) is 1. The number of guanidine groups is 1. The molecule has 0 unspecified atom stereocenters. The van der Waals surface area contributed by atoms with Crippen LogP contribution >= 0.6 is 24.0 Å². The maximum absolute atomic E-state index is 12.3. The highest BCUT2D eigenvalue weighted by Crippen LogP contribution is 2.10. The lowest BCUT2D eigenvalue weighted by Crippen LogP contribution is -2.55. The van der Waals surface area contributed by atoms with Crippen molar-refractivity contribution in [2.24, 2.45) is 4.99 Å². The molecule has 1 aromatic rings. The van der Waals surface area contributed by atoms with Crippen molar-refractivity contribution in [3.05, 3.63) is 24.2 Å². The van der Waals surface area contributed by atoms with Gasteiger partial charge in [0.15, 0.2) is 11.7 Å². The Labute approximate surface area is 177 Å². The first kappa shape index (κ1) is 21.5. The van der Waals surface area contributed by atoms with E-state index in [2.05, 4.69) is 15.2 Å². The average molecular weight is 489 g/mol. The van der Waals surface area contributed by atoms with Gasteiger partial charge >= 0.3 is 0 Å². The van der Waals surface area contributed by atoms with Crippen LogP contribution in [0.2, 0.25) is 0 Å². The van der Waals surface area contributed by atoms with Gasteiger partial charge in [-0.15, -0.1) is 24.0 Å². The van der Waals surface area contributed by atoms with Crippen molar-refractivity contribution in [3.63, 3.8) is 0 Å². The van der Waals surface area contributed by atoms with Crippen molar-refractivity contribution in [2.45, 2.75) is 19.3 Å². The summed E-state index contributed by atoms with van der Waals surface area (Å²) in [4.78, 5) is 34.7. The molecule has 3 heterocycles. The van der Waals surface area contributed by atoms with Crippen molar-refractivity contribution in [1.29, 1.82) is 0 Å². The van der Waals surface area contributed by atoms with Gasteiger partial charge in [-0.1, -0.05) is 0 Å². The number of nitrogens with zero attached hydrogens (tertiary/aromatic N) is 4. The van der Waals surface area contributed by atoms with Crippen LogP contribution in [0.4, 0.5) is 0 Å². The van der Waals surface area contributed by atoms with Crippen molar-refractivity contribution in [3.8, 4) is 0 Å². The SMILES string of the molecule is CN=C(NCC(=O)N1CCCCC1)N1CCN(C(=O)c2ccco2)CC1.I. The Kier molecular flexibility index (Phi) is 8.39. The number of halogens is 1. The standard InChI is InChI=1S/C18H27N5O3.HI/c1-19-18(20-14-16(24)21-7-3-2-4-8-21)23-11-9-22(10-12-23)17(25)15-6-5-13-26-15;/h5-6,13H,2-4,7-12,14H2,1H3,(H,19,20);1H. The molecular formula is C18H28IN5O3. The number of aliphatic imine (C=N–C) groups is 1. The number of furan rings is 1. The Balaban J connectivity index is 0.00000261. The molecule has 0 atom stereocenters. The summed E-state index contributed by atoms with van der Waals surface area (Å²) in [7, 11) is 1.72. The first-order valence-electron chi connectivity index (χ1n) is 9.25. The molecule has 2 amide bonds. The van der Waals surface area contributed by atoms with Crippen molar-refractivity contribution in [1.82, 2.24) is 20.0 Å². The van der Waals surface area contributed by atoms with Gasteiger partial charge < -0.3 is 24.4 Å². The zero-order valence-electron chi connectivity index (χ0n) is 15.7. The van der Waals surface area contributed by atoms with E-state index in [0.29, 0.717) is 37.9 Å². The third-order valence-corrected chi connectivity index (χ3v) is 4.92. The molecule has 1 N–H and O–H groups in total. The molecule has 0 aromatic carbocycles. The summed E-state index contributed by atoms with van der Waals surface area (Å²) in [5.74, 6) is 1.11. The topological polar surface area (TPSA) is 81.4 Å². The van der Waals surface area contributed by atoms with E-state index in [1.807, 2.05) is 4.90 Å². The molecule has 2 aliphatic rings. The number of nitrogens with one attached hydrogen (secondary N) is 1. The van der Waals surface area contributed by atoms with Gasteiger partial charge in [0.1, 0.15) is 0 Å². The van der Waals surface area contributed by atoms with E-state index in [4.69, 9.17) is 4.42 Å². The smallest absolute Gasteiger partial charge is 0.289 e. The molecule has 2 saturated heterocycles. The summed E-state index contributed by atoms with van der Waals surface area (Å²) in [5, 5.41) is 3.17. The molecule has 9 heteroatoms. The summed E-state index contributed by atoms with van der Waals surface area (Å²) in [6.45, 7) is 4.51. The third kappa shape index (κ3) is 5.60. The van der Waals surface area contributed by atoms with Crippen molar-refractivity contribution in [2.75, 3.05) is 52.9 Å². The number of carbonyl (C=O) groups is 2. The maximum Gasteiger partial charge on any atom is 0.289 e. The van der Waals surface area contributed by atoms with Crippen molar-refractivity contribution < 1.29 is 14.0 Å². The summed E-state index contributed by atoms with van der Waals surface area (Å²) in [6.07, 6.45) is 4.90. The highest BCUT2D eigenvalue weighted by Gasteiger charge is 2.25. The van der Waals surface area contributed by atoms with Crippen LogP contribution in [-0.4, -0.2) is 85.3 Å². The summed E-state index contributed by atoms with van der Waals surface area (Å²) in [5.41, 5.74) is 0. The van der Waals surface area contributed by atoms with E-state index in [9.17, 15) is 9.59 Å². The van der Waals surface area contributed by atoms with E-state index in [1.54, 1.807) is 24.1 Å². The number of hydrogen-bond acceptors (Lipinski definition) is 4. The molecule has 0 spiro atoms. The van der Waals surface area contributed by atoms with Gasteiger partial charge in [0.25, 0.3) is 5.91 Å². The Hall–Kier alpha value is -1.78. The van der Waals surface area contributed by atoms with Gasteiger partial charge in [-0.25, -0.2) is 0 Å². The zero-order valence-corrected chi connectivity index (χ0v) is 18.1. The van der Waals surface area contributed by atoms with Crippen molar-refractivity contribution >= 4 is 41.8 Å². The summed E-state index contributed by atoms with van der Waals surface area (Å²) in [6, 6.07) is 3.40. The van der Waals surface area contributed by atoms with Gasteiger partial charge in [-0.05, 0) is 31.4 Å². The minimum atomic E-state index is -0.0853. The molecule has 1 aromatic heterocycles. The summed E-state index contributed by atoms with van der Waals surface area (Å²) < 4.78 is 5.18. The number of rotatable bonds is 3. The molecule has 0 aliphatic carbocycles. The number of carbonyl (C=O) groups excluding carboxylic acids is 2. The minimum absolute atomic E-state index is 0. The molecule has 0 bridgehead atoms. The van der Waals surface area contributed by atoms with Gasteiger partial charge in [0, 0.05) is 46.3 Å². The van der Waals surface area contributed by atoms with Crippen LogP contribution in [0.15, 0.2) is 27.8 Å². The van der Waals surface area contributed by atoms with Crippen LogP contribution in [0, 0.1) is 0 Å². The van der Waals surface area contributed by atoms with Crippen LogP contribution in [0.1, 0.15) is 29.8 Å². The molecule has 2 aliphatic heterocycles. The molecule has 8 nitrogen and oxygen atoms in total.